The molecule has 3 aromatic rings. The zero-order chi connectivity index (χ0) is 37.9. The maximum absolute atomic E-state index is 13.3. The lowest BCUT2D eigenvalue weighted by atomic mass is 10.0. The molecule has 4 aliphatic heterocycles. The number of carbonyl (C=O) groups is 2. The van der Waals surface area contributed by atoms with E-state index in [0.717, 1.165) is 95.3 Å². The fourth-order valence-electron chi connectivity index (χ4n) is 7.08. The second kappa shape index (κ2) is 16.4. The van der Waals surface area contributed by atoms with Crippen LogP contribution in [-0.4, -0.2) is 89.3 Å². The molecule has 4 fully saturated rings. The SMILES string of the molecule is CCc1cc(OCC2CN(c3cc(C)cc(N4CC(COc5c(CC)cc(OCC6CO6)cc5CC)OC4=O)c3C)C(=O)O2)cc(CC)c1OCC1CO1. The second-order valence-electron chi connectivity index (χ2n) is 14.4. The topological polar surface area (TPSA) is 121 Å². The molecule has 0 N–H and O–H groups in total. The molecule has 4 saturated heterocycles. The van der Waals surface area contributed by atoms with Crippen molar-refractivity contribution in [1.82, 2.24) is 0 Å². The van der Waals surface area contributed by atoms with E-state index in [1.807, 2.05) is 50.2 Å². The van der Waals surface area contributed by atoms with Gasteiger partial charge in [-0.3, -0.25) is 9.80 Å². The molecular weight excluding hydrogens is 692 g/mol. The molecule has 0 aliphatic carbocycles. The van der Waals surface area contributed by atoms with Crippen LogP contribution in [0.15, 0.2) is 36.4 Å². The average molecular weight is 745 g/mol. The number of anilines is 2. The number of rotatable bonds is 18. The van der Waals surface area contributed by atoms with Crippen molar-refractivity contribution in [3.63, 3.8) is 0 Å². The van der Waals surface area contributed by atoms with E-state index in [2.05, 4.69) is 27.7 Å². The van der Waals surface area contributed by atoms with Crippen LogP contribution in [0.25, 0.3) is 0 Å². The molecule has 4 unspecified atom stereocenters. The summed E-state index contributed by atoms with van der Waals surface area (Å²) in [6.07, 6.45) is 1.62. The number of aryl methyl sites for hydroxylation is 5. The average Bonchev–Trinajstić information content (AvgIpc) is 4.11. The molecule has 0 aromatic heterocycles. The first kappa shape index (κ1) is 37.6. The van der Waals surface area contributed by atoms with Crippen molar-refractivity contribution in [3.05, 3.63) is 69.8 Å². The van der Waals surface area contributed by atoms with Gasteiger partial charge in [0.25, 0.3) is 0 Å². The Labute approximate surface area is 317 Å². The first-order valence-corrected chi connectivity index (χ1v) is 19.3. The molecule has 7 rings (SSSR count). The van der Waals surface area contributed by atoms with E-state index in [0.29, 0.717) is 37.7 Å². The lowest BCUT2D eigenvalue weighted by Crippen LogP contribution is -2.30. The summed E-state index contributed by atoms with van der Waals surface area (Å²) in [5, 5.41) is 0. The maximum Gasteiger partial charge on any atom is 0.414 e. The highest BCUT2D eigenvalue weighted by Crippen LogP contribution is 2.37. The number of hydrogen-bond acceptors (Lipinski definition) is 10. The summed E-state index contributed by atoms with van der Waals surface area (Å²) >= 11 is 0. The van der Waals surface area contributed by atoms with Gasteiger partial charge in [0.05, 0.1) is 37.7 Å². The molecule has 0 spiro atoms. The van der Waals surface area contributed by atoms with E-state index in [1.54, 1.807) is 9.80 Å². The first-order valence-electron chi connectivity index (χ1n) is 19.3. The van der Waals surface area contributed by atoms with Crippen molar-refractivity contribution < 1.29 is 47.5 Å². The van der Waals surface area contributed by atoms with E-state index in [-0.39, 0.29) is 25.4 Å². The van der Waals surface area contributed by atoms with Crippen LogP contribution in [0.2, 0.25) is 0 Å². The van der Waals surface area contributed by atoms with Gasteiger partial charge in [-0.15, -0.1) is 0 Å². The van der Waals surface area contributed by atoms with Crippen LogP contribution < -0.4 is 28.7 Å². The Hall–Kier alpha value is -4.68. The number of ether oxygens (including phenoxy) is 8. The fraction of sp³-hybridized carbons (Fsp3) is 0.524. The predicted molar refractivity (Wildman–Crippen MR) is 203 cm³/mol. The number of hydrogen-bond donors (Lipinski definition) is 0. The molecule has 2 amide bonds. The molecule has 4 aliphatic rings. The summed E-state index contributed by atoms with van der Waals surface area (Å²) in [5.41, 5.74) is 7.27. The van der Waals surface area contributed by atoms with Gasteiger partial charge in [-0.2, -0.15) is 0 Å². The van der Waals surface area contributed by atoms with Crippen LogP contribution in [0.1, 0.15) is 61.1 Å². The van der Waals surface area contributed by atoms with Gasteiger partial charge < -0.3 is 37.9 Å². The van der Waals surface area contributed by atoms with Crippen LogP contribution in [-0.2, 0) is 44.6 Å². The van der Waals surface area contributed by atoms with E-state index in [4.69, 9.17) is 37.9 Å². The molecule has 0 bridgehead atoms. The number of benzene rings is 3. The fourth-order valence-corrected chi connectivity index (χ4v) is 7.08. The molecule has 4 atom stereocenters. The van der Waals surface area contributed by atoms with Crippen LogP contribution >= 0.6 is 0 Å². The van der Waals surface area contributed by atoms with Gasteiger partial charge in [0.1, 0.15) is 61.6 Å². The van der Waals surface area contributed by atoms with Crippen LogP contribution in [0, 0.1) is 13.8 Å². The Morgan fingerprint density at radius 3 is 1.28 bits per heavy atom. The molecule has 12 heteroatoms. The summed E-state index contributed by atoms with van der Waals surface area (Å²) in [4.78, 5) is 29.9. The van der Waals surface area contributed by atoms with Gasteiger partial charge in [0.2, 0.25) is 0 Å². The standard InChI is InChI=1S/C42H52N2O10/c1-7-27-15-32(48-21-35-22-49-35)16-28(8-2)39(27)51-20-34-18-44(42(46)54-34)38-12-25(5)11-37(26(38)6)43-17-33(53-41(43)45)19-47-31-13-29(9-3)40(30(10-4)14-31)52-24-36-23-50-36/h11-16,33-36H,7-10,17-24H2,1-6H3. The Kier molecular flexibility index (Phi) is 11.4. The quantitative estimate of drug-likeness (QED) is 0.127. The summed E-state index contributed by atoms with van der Waals surface area (Å²) < 4.78 is 46.9. The number of amides is 2. The minimum absolute atomic E-state index is 0.177. The molecule has 12 nitrogen and oxygen atoms in total. The number of nitrogens with zero attached hydrogens (tertiary/aromatic N) is 2. The largest absolute Gasteiger partial charge is 0.491 e. The minimum atomic E-state index is -0.481. The highest BCUT2D eigenvalue weighted by molar-refractivity contribution is 5.96. The van der Waals surface area contributed by atoms with Crippen LogP contribution in [0.4, 0.5) is 21.0 Å². The number of cyclic esters (lactones) is 2. The molecule has 54 heavy (non-hydrogen) atoms. The van der Waals surface area contributed by atoms with E-state index < -0.39 is 24.4 Å². The Bertz CT molecular complexity index is 1800. The highest BCUT2D eigenvalue weighted by atomic mass is 16.6. The van der Waals surface area contributed by atoms with Gasteiger partial charge in [0.15, 0.2) is 12.2 Å². The molecule has 4 heterocycles. The van der Waals surface area contributed by atoms with Gasteiger partial charge >= 0.3 is 12.2 Å². The van der Waals surface area contributed by atoms with Crippen molar-refractivity contribution >= 4 is 23.6 Å². The van der Waals surface area contributed by atoms with Crippen molar-refractivity contribution in [3.8, 4) is 23.0 Å². The smallest absolute Gasteiger partial charge is 0.414 e. The lowest BCUT2D eigenvalue weighted by molar-refractivity contribution is 0.104. The number of epoxide rings is 2. The van der Waals surface area contributed by atoms with Crippen molar-refractivity contribution in [1.29, 1.82) is 0 Å². The normalized spacial score (nSPS) is 21.6. The third-order valence-corrected chi connectivity index (χ3v) is 10.3. The zero-order valence-corrected chi connectivity index (χ0v) is 32.2. The molecule has 0 radical (unpaired) electrons. The zero-order valence-electron chi connectivity index (χ0n) is 32.2. The third-order valence-electron chi connectivity index (χ3n) is 10.3. The van der Waals surface area contributed by atoms with Gasteiger partial charge in [0, 0.05) is 0 Å². The third kappa shape index (κ3) is 8.50. The Balaban J connectivity index is 0.995. The van der Waals surface area contributed by atoms with Crippen molar-refractivity contribution in [2.75, 3.05) is 62.5 Å². The maximum atomic E-state index is 13.3. The van der Waals surface area contributed by atoms with Crippen LogP contribution in [0.3, 0.4) is 0 Å². The van der Waals surface area contributed by atoms with Gasteiger partial charge in [-0.1, -0.05) is 27.7 Å². The predicted octanol–water partition coefficient (Wildman–Crippen LogP) is 6.92. The van der Waals surface area contributed by atoms with Gasteiger partial charge in [-0.25, -0.2) is 9.59 Å². The van der Waals surface area contributed by atoms with E-state index in [9.17, 15) is 9.59 Å². The Morgan fingerprint density at radius 1 is 0.556 bits per heavy atom. The second-order valence-corrected chi connectivity index (χ2v) is 14.4. The van der Waals surface area contributed by atoms with Crippen molar-refractivity contribution in [2.45, 2.75) is 91.6 Å². The summed E-state index contributed by atoms with van der Waals surface area (Å²) in [6.45, 7) is 15.8. The van der Waals surface area contributed by atoms with E-state index in [1.165, 1.54) is 0 Å². The molecule has 3 aromatic carbocycles. The molecule has 0 saturated carbocycles. The monoisotopic (exact) mass is 744 g/mol. The Morgan fingerprint density at radius 2 is 0.907 bits per heavy atom. The van der Waals surface area contributed by atoms with Crippen molar-refractivity contribution in [2.24, 2.45) is 0 Å². The first-order chi connectivity index (χ1) is 26.2. The van der Waals surface area contributed by atoms with Crippen LogP contribution in [0.5, 0.6) is 23.0 Å². The number of carbonyl (C=O) groups excluding carboxylic acids is 2. The summed E-state index contributed by atoms with van der Waals surface area (Å²) in [6, 6.07) is 11.9. The summed E-state index contributed by atoms with van der Waals surface area (Å²) in [7, 11) is 0. The molecule has 290 valence electrons. The highest BCUT2D eigenvalue weighted by Gasteiger charge is 2.38. The molecular formula is C42H52N2O10. The van der Waals surface area contributed by atoms with Gasteiger partial charge in [-0.05, 0) is 109 Å². The minimum Gasteiger partial charge on any atom is -0.491 e. The summed E-state index contributed by atoms with van der Waals surface area (Å²) in [5.74, 6) is 3.24. The lowest BCUT2D eigenvalue weighted by Gasteiger charge is -2.23. The van der Waals surface area contributed by atoms with E-state index >= 15 is 0 Å².